The number of para-hydroxylation sites is 1. The lowest BCUT2D eigenvalue weighted by Gasteiger charge is -2.09. The number of hydrogen-bond acceptors (Lipinski definition) is 3. The molecule has 0 radical (unpaired) electrons. The van der Waals surface area contributed by atoms with Gasteiger partial charge in [0, 0.05) is 27.6 Å². The monoisotopic (exact) mass is 422 g/mol. The lowest BCUT2D eigenvalue weighted by Crippen LogP contribution is -2.32. The molecule has 0 heterocycles. The van der Waals surface area contributed by atoms with Crippen molar-refractivity contribution in [3.05, 3.63) is 89.4 Å². The van der Waals surface area contributed by atoms with Gasteiger partial charge < -0.3 is 21.3 Å². The Labute approximate surface area is 178 Å². The number of anilines is 3. The van der Waals surface area contributed by atoms with E-state index in [0.29, 0.717) is 27.6 Å². The zero-order valence-electron chi connectivity index (χ0n) is 15.8. The summed E-state index contributed by atoms with van der Waals surface area (Å²) >= 11 is 5.80. The van der Waals surface area contributed by atoms with Gasteiger partial charge in [-0.3, -0.25) is 9.59 Å². The molecule has 7 nitrogen and oxygen atoms in total. The van der Waals surface area contributed by atoms with Crippen molar-refractivity contribution < 1.29 is 14.4 Å². The van der Waals surface area contributed by atoms with Gasteiger partial charge >= 0.3 is 6.03 Å². The molecular weight excluding hydrogens is 404 g/mol. The van der Waals surface area contributed by atoms with Crippen molar-refractivity contribution in [2.45, 2.75) is 0 Å². The van der Waals surface area contributed by atoms with E-state index in [1.807, 2.05) is 18.2 Å². The molecule has 0 aliphatic rings. The van der Waals surface area contributed by atoms with Crippen LogP contribution < -0.4 is 21.3 Å². The van der Waals surface area contributed by atoms with E-state index in [9.17, 15) is 14.4 Å². The molecule has 3 aromatic rings. The Morgan fingerprint density at radius 3 is 1.83 bits per heavy atom. The molecule has 0 saturated heterocycles. The summed E-state index contributed by atoms with van der Waals surface area (Å²) in [6.07, 6.45) is 0. The average Bonchev–Trinajstić information content (AvgIpc) is 2.75. The van der Waals surface area contributed by atoms with Gasteiger partial charge in [0.25, 0.3) is 5.91 Å². The minimum absolute atomic E-state index is 0.180. The molecule has 30 heavy (non-hydrogen) atoms. The summed E-state index contributed by atoms with van der Waals surface area (Å²) < 4.78 is 0. The van der Waals surface area contributed by atoms with Gasteiger partial charge in [0.1, 0.15) is 0 Å². The van der Waals surface area contributed by atoms with Crippen molar-refractivity contribution >= 4 is 46.5 Å². The van der Waals surface area contributed by atoms with Gasteiger partial charge in [-0.25, -0.2) is 4.79 Å². The van der Waals surface area contributed by atoms with E-state index >= 15 is 0 Å². The molecule has 0 aromatic heterocycles. The Morgan fingerprint density at radius 1 is 0.667 bits per heavy atom. The van der Waals surface area contributed by atoms with Gasteiger partial charge in [0.2, 0.25) is 5.91 Å². The standard InChI is InChI=1S/C22H19ClN4O3/c23-16-8-12-18(13-9-16)25-20(28)14-24-21(29)15-6-10-19(11-7-15)27-22(30)26-17-4-2-1-3-5-17/h1-13H,14H2,(H,24,29)(H,25,28)(H2,26,27,30). The van der Waals surface area contributed by atoms with Gasteiger partial charge in [0.05, 0.1) is 6.54 Å². The third-order valence-electron chi connectivity index (χ3n) is 3.97. The fraction of sp³-hybridized carbons (Fsp3) is 0.0455. The first-order valence-electron chi connectivity index (χ1n) is 9.06. The number of urea groups is 1. The minimum atomic E-state index is -0.401. The van der Waals surface area contributed by atoms with Gasteiger partial charge in [-0.1, -0.05) is 29.8 Å². The molecule has 152 valence electrons. The second-order valence-electron chi connectivity index (χ2n) is 6.26. The highest BCUT2D eigenvalue weighted by Gasteiger charge is 2.09. The van der Waals surface area contributed by atoms with Crippen LogP contribution in [0, 0.1) is 0 Å². The maximum absolute atomic E-state index is 12.2. The van der Waals surface area contributed by atoms with E-state index in [1.54, 1.807) is 60.7 Å². The van der Waals surface area contributed by atoms with Crippen LogP contribution in [0.3, 0.4) is 0 Å². The van der Waals surface area contributed by atoms with Crippen LogP contribution in [0.2, 0.25) is 5.02 Å². The van der Waals surface area contributed by atoms with Crippen LogP contribution in [0.15, 0.2) is 78.9 Å². The number of benzene rings is 3. The van der Waals surface area contributed by atoms with Crippen molar-refractivity contribution in [1.82, 2.24) is 5.32 Å². The molecule has 0 unspecified atom stereocenters. The van der Waals surface area contributed by atoms with Crippen LogP contribution in [-0.2, 0) is 4.79 Å². The summed E-state index contributed by atoms with van der Waals surface area (Å²) in [5, 5.41) is 11.2. The first-order chi connectivity index (χ1) is 14.5. The highest BCUT2D eigenvalue weighted by atomic mass is 35.5. The Hall–Kier alpha value is -3.84. The molecule has 3 aromatic carbocycles. The number of rotatable bonds is 6. The predicted octanol–water partition coefficient (Wildman–Crippen LogP) is 4.35. The van der Waals surface area contributed by atoms with Crippen LogP contribution in [0.5, 0.6) is 0 Å². The van der Waals surface area contributed by atoms with Gasteiger partial charge in [-0.2, -0.15) is 0 Å². The molecule has 0 fully saturated rings. The van der Waals surface area contributed by atoms with Crippen molar-refractivity contribution in [3.8, 4) is 0 Å². The maximum atomic E-state index is 12.2. The van der Waals surface area contributed by atoms with Crippen LogP contribution >= 0.6 is 11.6 Å². The SMILES string of the molecule is O=C(CNC(=O)c1ccc(NC(=O)Nc2ccccc2)cc1)Nc1ccc(Cl)cc1. The fourth-order valence-corrected chi connectivity index (χ4v) is 2.65. The zero-order chi connectivity index (χ0) is 21.3. The van der Waals surface area contributed by atoms with Gasteiger partial charge in [0.15, 0.2) is 0 Å². The maximum Gasteiger partial charge on any atom is 0.323 e. The molecule has 3 rings (SSSR count). The summed E-state index contributed by atoms with van der Waals surface area (Å²) in [5.41, 5.74) is 2.15. The molecule has 0 atom stereocenters. The first kappa shape index (κ1) is 20.9. The lowest BCUT2D eigenvalue weighted by molar-refractivity contribution is -0.115. The molecule has 8 heteroatoms. The van der Waals surface area contributed by atoms with Crippen LogP contribution in [0.1, 0.15) is 10.4 Å². The van der Waals surface area contributed by atoms with Crippen molar-refractivity contribution in [1.29, 1.82) is 0 Å². The number of nitrogens with one attached hydrogen (secondary N) is 4. The Bertz CT molecular complexity index is 1020. The molecule has 0 bridgehead atoms. The lowest BCUT2D eigenvalue weighted by atomic mass is 10.2. The average molecular weight is 423 g/mol. The summed E-state index contributed by atoms with van der Waals surface area (Å²) in [4.78, 5) is 36.2. The topological polar surface area (TPSA) is 99.3 Å². The number of carbonyl (C=O) groups is 3. The van der Waals surface area contributed by atoms with E-state index in [1.165, 1.54) is 0 Å². The molecular formula is C22H19ClN4O3. The second kappa shape index (κ2) is 10.1. The molecule has 4 N–H and O–H groups in total. The molecule has 0 aliphatic carbocycles. The van der Waals surface area contributed by atoms with E-state index in [-0.39, 0.29) is 12.5 Å². The van der Waals surface area contributed by atoms with Crippen molar-refractivity contribution in [2.75, 3.05) is 22.5 Å². The molecule has 0 spiro atoms. The van der Waals surface area contributed by atoms with Crippen LogP contribution in [0.25, 0.3) is 0 Å². The van der Waals surface area contributed by atoms with Crippen LogP contribution in [0.4, 0.5) is 21.9 Å². The normalized spacial score (nSPS) is 10.0. The number of hydrogen-bond donors (Lipinski definition) is 4. The largest absolute Gasteiger partial charge is 0.343 e. The van der Waals surface area contributed by atoms with Gasteiger partial charge in [-0.15, -0.1) is 0 Å². The van der Waals surface area contributed by atoms with Crippen molar-refractivity contribution in [2.24, 2.45) is 0 Å². The summed E-state index contributed by atoms with van der Waals surface area (Å²) in [6, 6.07) is 21.6. The molecule has 0 saturated carbocycles. The highest BCUT2D eigenvalue weighted by molar-refractivity contribution is 6.30. The van der Waals surface area contributed by atoms with Crippen LogP contribution in [-0.4, -0.2) is 24.4 Å². The quantitative estimate of drug-likeness (QED) is 0.475. The molecule has 0 aliphatic heterocycles. The highest BCUT2D eigenvalue weighted by Crippen LogP contribution is 2.13. The van der Waals surface area contributed by atoms with E-state index in [4.69, 9.17) is 11.6 Å². The Kier molecular flexibility index (Phi) is 7.02. The van der Waals surface area contributed by atoms with Crippen molar-refractivity contribution in [3.63, 3.8) is 0 Å². The van der Waals surface area contributed by atoms with E-state index in [0.717, 1.165) is 0 Å². The third kappa shape index (κ3) is 6.35. The second-order valence-corrected chi connectivity index (χ2v) is 6.70. The predicted molar refractivity (Wildman–Crippen MR) is 118 cm³/mol. The Balaban J connectivity index is 1.46. The van der Waals surface area contributed by atoms with E-state index in [2.05, 4.69) is 21.3 Å². The number of halogens is 1. The number of carbonyl (C=O) groups excluding carboxylic acids is 3. The summed E-state index contributed by atoms with van der Waals surface area (Å²) in [5.74, 6) is -0.761. The number of amides is 4. The first-order valence-corrected chi connectivity index (χ1v) is 9.44. The van der Waals surface area contributed by atoms with E-state index < -0.39 is 11.9 Å². The smallest absolute Gasteiger partial charge is 0.323 e. The zero-order valence-corrected chi connectivity index (χ0v) is 16.6. The third-order valence-corrected chi connectivity index (χ3v) is 4.23. The summed E-state index contributed by atoms with van der Waals surface area (Å²) in [6.45, 7) is -0.180. The minimum Gasteiger partial charge on any atom is -0.343 e. The Morgan fingerprint density at radius 2 is 1.20 bits per heavy atom. The summed E-state index contributed by atoms with van der Waals surface area (Å²) in [7, 11) is 0. The molecule has 4 amide bonds. The van der Waals surface area contributed by atoms with Gasteiger partial charge in [-0.05, 0) is 60.7 Å². The fourth-order valence-electron chi connectivity index (χ4n) is 2.52.